The molecule has 138 valence electrons. The molecule has 0 spiro atoms. The largest absolute Gasteiger partial charge is 0.434 e. The highest BCUT2D eigenvalue weighted by Gasteiger charge is 2.25. The number of benzene rings is 2. The molecular weight excluding hydrogens is 382 g/mol. The van der Waals surface area contributed by atoms with Crippen molar-refractivity contribution >= 4 is 39.7 Å². The van der Waals surface area contributed by atoms with Crippen molar-refractivity contribution in [2.45, 2.75) is 0 Å². The van der Waals surface area contributed by atoms with Crippen LogP contribution < -0.4 is 10.1 Å². The standard InChI is InChI=1S/C19H12ClN5O3/c20-14-6-8-16(21-10-14)24-18-17(25(26)27)19(23-11-22-18)28-15-7-5-12-3-1-2-4-13(12)9-15/h1-11H,(H,21,22,23,24). The minimum Gasteiger partial charge on any atom is -0.434 e. The molecule has 0 bridgehead atoms. The van der Waals surface area contributed by atoms with E-state index in [9.17, 15) is 10.1 Å². The summed E-state index contributed by atoms with van der Waals surface area (Å²) in [7, 11) is 0. The van der Waals surface area contributed by atoms with Crippen molar-refractivity contribution in [2.75, 3.05) is 5.32 Å². The second kappa shape index (κ2) is 7.45. The normalized spacial score (nSPS) is 10.6. The highest BCUT2D eigenvalue weighted by Crippen LogP contribution is 2.35. The van der Waals surface area contributed by atoms with Gasteiger partial charge in [0.15, 0.2) is 0 Å². The van der Waals surface area contributed by atoms with E-state index in [0.29, 0.717) is 16.6 Å². The summed E-state index contributed by atoms with van der Waals surface area (Å²) in [6.45, 7) is 0. The number of nitro groups is 1. The molecule has 2 aromatic heterocycles. The van der Waals surface area contributed by atoms with Gasteiger partial charge in [0.25, 0.3) is 0 Å². The summed E-state index contributed by atoms with van der Waals surface area (Å²) in [6, 6.07) is 16.3. The number of hydrogen-bond donors (Lipinski definition) is 1. The maximum atomic E-state index is 11.7. The lowest BCUT2D eigenvalue weighted by Gasteiger charge is -2.09. The van der Waals surface area contributed by atoms with Crippen LogP contribution in [0.2, 0.25) is 5.02 Å². The third-order valence-electron chi connectivity index (χ3n) is 3.88. The first-order chi connectivity index (χ1) is 13.6. The van der Waals surface area contributed by atoms with Gasteiger partial charge in [-0.1, -0.05) is 41.9 Å². The van der Waals surface area contributed by atoms with Gasteiger partial charge in [-0.25, -0.2) is 9.97 Å². The Labute approximate surface area is 164 Å². The Kier molecular flexibility index (Phi) is 4.69. The monoisotopic (exact) mass is 393 g/mol. The van der Waals surface area contributed by atoms with Crippen molar-refractivity contribution in [1.82, 2.24) is 15.0 Å². The van der Waals surface area contributed by atoms with Crippen molar-refractivity contribution in [1.29, 1.82) is 0 Å². The number of pyridine rings is 1. The van der Waals surface area contributed by atoms with E-state index in [4.69, 9.17) is 16.3 Å². The molecule has 0 saturated heterocycles. The molecule has 4 rings (SSSR count). The van der Waals surface area contributed by atoms with Crippen molar-refractivity contribution in [3.05, 3.63) is 82.3 Å². The Morgan fingerprint density at radius 2 is 1.82 bits per heavy atom. The first-order valence-corrected chi connectivity index (χ1v) is 8.52. The second-order valence-electron chi connectivity index (χ2n) is 5.73. The van der Waals surface area contributed by atoms with Gasteiger partial charge in [-0.3, -0.25) is 10.1 Å². The summed E-state index contributed by atoms with van der Waals surface area (Å²) in [5, 5.41) is 16.9. The Morgan fingerprint density at radius 1 is 1.00 bits per heavy atom. The minimum atomic E-state index is -0.603. The number of nitrogens with zero attached hydrogens (tertiary/aromatic N) is 4. The first kappa shape index (κ1) is 17.6. The number of halogens is 1. The van der Waals surface area contributed by atoms with Gasteiger partial charge in [0, 0.05) is 6.20 Å². The summed E-state index contributed by atoms with van der Waals surface area (Å²) in [5.41, 5.74) is -0.396. The molecule has 0 radical (unpaired) electrons. The van der Waals surface area contributed by atoms with Crippen LogP contribution in [-0.4, -0.2) is 19.9 Å². The van der Waals surface area contributed by atoms with Gasteiger partial charge in [0.2, 0.25) is 5.82 Å². The number of nitrogens with one attached hydrogen (secondary N) is 1. The van der Waals surface area contributed by atoms with Gasteiger partial charge < -0.3 is 10.1 Å². The van der Waals surface area contributed by atoms with Crippen LogP contribution in [0, 0.1) is 10.1 Å². The third-order valence-corrected chi connectivity index (χ3v) is 4.10. The maximum Gasteiger partial charge on any atom is 0.373 e. The van der Waals surface area contributed by atoms with Crippen LogP contribution in [0.25, 0.3) is 10.8 Å². The van der Waals surface area contributed by atoms with E-state index in [1.807, 2.05) is 30.3 Å². The molecule has 1 N–H and O–H groups in total. The van der Waals surface area contributed by atoms with E-state index < -0.39 is 10.6 Å². The molecule has 2 heterocycles. The number of anilines is 2. The molecular formula is C19H12ClN5O3. The second-order valence-corrected chi connectivity index (χ2v) is 6.17. The predicted molar refractivity (Wildman–Crippen MR) is 105 cm³/mol. The zero-order valence-corrected chi connectivity index (χ0v) is 15.0. The van der Waals surface area contributed by atoms with Gasteiger partial charge in [0.1, 0.15) is 17.9 Å². The Hall–Kier alpha value is -3.78. The van der Waals surface area contributed by atoms with E-state index in [-0.39, 0.29) is 11.7 Å². The van der Waals surface area contributed by atoms with Crippen molar-refractivity contribution in [3.8, 4) is 11.6 Å². The molecule has 0 aliphatic carbocycles. The lowest BCUT2D eigenvalue weighted by molar-refractivity contribution is -0.385. The topological polar surface area (TPSA) is 103 Å². The molecule has 2 aromatic carbocycles. The smallest absolute Gasteiger partial charge is 0.373 e. The summed E-state index contributed by atoms with van der Waals surface area (Å²) in [4.78, 5) is 23.0. The fourth-order valence-corrected chi connectivity index (χ4v) is 2.72. The average molecular weight is 394 g/mol. The number of aromatic nitrogens is 3. The van der Waals surface area contributed by atoms with Crippen molar-refractivity contribution in [2.24, 2.45) is 0 Å². The molecule has 0 fully saturated rings. The van der Waals surface area contributed by atoms with Crippen molar-refractivity contribution < 1.29 is 9.66 Å². The average Bonchev–Trinajstić information content (AvgIpc) is 2.69. The zero-order chi connectivity index (χ0) is 19.5. The molecule has 0 saturated carbocycles. The first-order valence-electron chi connectivity index (χ1n) is 8.15. The third kappa shape index (κ3) is 3.67. The summed E-state index contributed by atoms with van der Waals surface area (Å²) in [6.07, 6.45) is 2.60. The van der Waals surface area contributed by atoms with E-state index in [2.05, 4.69) is 20.3 Å². The van der Waals surface area contributed by atoms with Gasteiger partial charge >= 0.3 is 11.6 Å². The molecule has 9 heteroatoms. The van der Waals surface area contributed by atoms with Crippen LogP contribution in [0.4, 0.5) is 17.3 Å². The van der Waals surface area contributed by atoms with Crippen LogP contribution in [0.5, 0.6) is 11.6 Å². The maximum absolute atomic E-state index is 11.7. The van der Waals surface area contributed by atoms with Crippen LogP contribution in [0.15, 0.2) is 67.1 Å². The molecule has 28 heavy (non-hydrogen) atoms. The minimum absolute atomic E-state index is 0.0365. The van der Waals surface area contributed by atoms with Gasteiger partial charge in [-0.05, 0) is 35.0 Å². The Bertz CT molecular complexity index is 1170. The number of ether oxygens (including phenoxy) is 1. The quantitative estimate of drug-likeness (QED) is 0.370. The lowest BCUT2D eigenvalue weighted by atomic mass is 10.1. The molecule has 0 aliphatic heterocycles. The Morgan fingerprint density at radius 3 is 2.57 bits per heavy atom. The molecule has 0 unspecified atom stereocenters. The fourth-order valence-electron chi connectivity index (χ4n) is 2.61. The summed E-state index contributed by atoms with van der Waals surface area (Å²) in [5.74, 6) is 0.566. The number of fused-ring (bicyclic) bond motifs is 1. The molecule has 8 nitrogen and oxygen atoms in total. The van der Waals surface area contributed by atoms with E-state index in [1.165, 1.54) is 12.5 Å². The summed E-state index contributed by atoms with van der Waals surface area (Å²) >= 11 is 5.81. The Balaban J connectivity index is 1.69. The van der Waals surface area contributed by atoms with Crippen LogP contribution in [0.3, 0.4) is 0 Å². The summed E-state index contributed by atoms with van der Waals surface area (Å²) < 4.78 is 5.70. The van der Waals surface area contributed by atoms with Crippen LogP contribution in [-0.2, 0) is 0 Å². The zero-order valence-electron chi connectivity index (χ0n) is 14.2. The van der Waals surface area contributed by atoms with E-state index in [1.54, 1.807) is 24.3 Å². The fraction of sp³-hybridized carbons (Fsp3) is 0. The molecule has 4 aromatic rings. The lowest BCUT2D eigenvalue weighted by Crippen LogP contribution is -2.04. The molecule has 0 aliphatic rings. The number of rotatable bonds is 5. The highest BCUT2D eigenvalue weighted by atomic mass is 35.5. The number of hydrogen-bond acceptors (Lipinski definition) is 7. The predicted octanol–water partition coefficient (Wildman–Crippen LogP) is 5.12. The van der Waals surface area contributed by atoms with Crippen LogP contribution in [0.1, 0.15) is 0 Å². The molecule has 0 atom stereocenters. The van der Waals surface area contributed by atoms with E-state index in [0.717, 1.165) is 10.8 Å². The van der Waals surface area contributed by atoms with Gasteiger partial charge in [-0.15, -0.1) is 0 Å². The highest BCUT2D eigenvalue weighted by molar-refractivity contribution is 6.30. The van der Waals surface area contributed by atoms with Gasteiger partial charge in [0.05, 0.1) is 9.95 Å². The van der Waals surface area contributed by atoms with E-state index >= 15 is 0 Å². The van der Waals surface area contributed by atoms with Crippen molar-refractivity contribution in [3.63, 3.8) is 0 Å². The SMILES string of the molecule is O=[N+]([O-])c1c(Nc2ccc(Cl)cn2)ncnc1Oc1ccc2ccccc2c1. The van der Waals surface area contributed by atoms with Crippen LogP contribution >= 0.6 is 11.6 Å². The molecule has 0 amide bonds. The van der Waals surface area contributed by atoms with Gasteiger partial charge in [-0.2, -0.15) is 4.98 Å².